The van der Waals surface area contributed by atoms with Crippen molar-refractivity contribution >= 4 is 5.91 Å². The highest BCUT2D eigenvalue weighted by atomic mass is 16.5. The maximum absolute atomic E-state index is 12.9. The molecule has 0 radical (unpaired) electrons. The number of hydrogen-bond acceptors (Lipinski definition) is 5. The van der Waals surface area contributed by atoms with Gasteiger partial charge in [0, 0.05) is 11.6 Å². The number of carbonyl (C=O) groups excluding carboxylic acids is 1. The lowest BCUT2D eigenvalue weighted by Gasteiger charge is -2.47. The Morgan fingerprint density at radius 2 is 2.07 bits per heavy atom. The number of rotatable bonds is 4. The number of hydrogen-bond donors (Lipinski definition) is 1. The average Bonchev–Trinajstić information content (AvgIpc) is 3.41. The number of amides is 1. The van der Waals surface area contributed by atoms with Crippen LogP contribution in [-0.2, 0) is 4.74 Å². The second-order valence-corrected chi connectivity index (χ2v) is 8.51. The number of nitrogens with one attached hydrogen (secondary N) is 1. The van der Waals surface area contributed by atoms with E-state index in [9.17, 15) is 4.79 Å². The largest absolute Gasteiger partial charge is 0.497 e. The number of aromatic nitrogens is 2. The first-order chi connectivity index (χ1) is 14.2. The predicted molar refractivity (Wildman–Crippen MR) is 109 cm³/mol. The zero-order valence-electron chi connectivity index (χ0n) is 16.9. The number of H-pyrrole nitrogens is 1. The SMILES string of the molecule is COc1cccc(-c2cc(C(=O)N3CC4(CC(N5CCCCC5)CO4)C3)[nH]n2)c1. The Kier molecular flexibility index (Phi) is 4.80. The average molecular weight is 396 g/mol. The Morgan fingerprint density at radius 1 is 1.24 bits per heavy atom. The Labute approximate surface area is 171 Å². The summed E-state index contributed by atoms with van der Waals surface area (Å²) in [6.07, 6.45) is 4.97. The second kappa shape index (κ2) is 7.46. The van der Waals surface area contributed by atoms with Crippen LogP contribution < -0.4 is 4.74 Å². The Morgan fingerprint density at radius 3 is 2.86 bits per heavy atom. The molecule has 7 nitrogen and oxygen atoms in total. The standard InChI is InChI=1S/C22H28N4O3/c1-28-18-7-5-6-16(10-18)19-11-20(24-23-19)21(27)26-14-22(15-26)12-17(13-29-22)25-8-3-2-4-9-25/h5-7,10-11,17H,2-4,8-9,12-15H2,1H3,(H,23,24). The molecule has 0 bridgehead atoms. The number of ether oxygens (including phenoxy) is 2. The first-order valence-electron chi connectivity index (χ1n) is 10.5. The number of carbonyl (C=O) groups is 1. The highest BCUT2D eigenvalue weighted by Gasteiger charge is 2.52. The lowest BCUT2D eigenvalue weighted by atomic mass is 9.88. The first-order valence-corrected chi connectivity index (χ1v) is 10.5. The highest BCUT2D eigenvalue weighted by molar-refractivity contribution is 5.94. The van der Waals surface area contributed by atoms with Gasteiger partial charge in [0.2, 0.25) is 0 Å². The van der Waals surface area contributed by atoms with Crippen molar-refractivity contribution in [3.05, 3.63) is 36.0 Å². The van der Waals surface area contributed by atoms with E-state index in [1.807, 2.05) is 35.2 Å². The molecule has 0 saturated carbocycles. The van der Waals surface area contributed by atoms with Crippen molar-refractivity contribution in [2.75, 3.05) is 39.9 Å². The van der Waals surface area contributed by atoms with Gasteiger partial charge in [0.25, 0.3) is 5.91 Å². The van der Waals surface area contributed by atoms with Crippen molar-refractivity contribution < 1.29 is 14.3 Å². The number of aromatic amines is 1. The molecule has 1 atom stereocenters. The molecule has 1 spiro atoms. The van der Waals surface area contributed by atoms with Crippen LogP contribution in [0.25, 0.3) is 11.3 Å². The van der Waals surface area contributed by atoms with E-state index in [0.29, 0.717) is 24.8 Å². The molecule has 154 valence electrons. The molecule has 1 N–H and O–H groups in total. The van der Waals surface area contributed by atoms with Gasteiger partial charge in [-0.25, -0.2) is 0 Å². The van der Waals surface area contributed by atoms with E-state index in [1.165, 1.54) is 32.4 Å². The number of piperidine rings is 1. The molecular weight excluding hydrogens is 368 g/mol. The minimum absolute atomic E-state index is 0.0118. The Bertz CT molecular complexity index is 884. The van der Waals surface area contributed by atoms with Gasteiger partial charge in [0.15, 0.2) is 0 Å². The van der Waals surface area contributed by atoms with Crippen LogP contribution in [0.3, 0.4) is 0 Å². The van der Waals surface area contributed by atoms with Crippen molar-refractivity contribution in [3.63, 3.8) is 0 Å². The summed E-state index contributed by atoms with van der Waals surface area (Å²) >= 11 is 0. The quantitative estimate of drug-likeness (QED) is 0.860. The van der Waals surface area contributed by atoms with Crippen LogP contribution in [0.4, 0.5) is 0 Å². The summed E-state index contributed by atoms with van der Waals surface area (Å²) in [7, 11) is 1.64. The summed E-state index contributed by atoms with van der Waals surface area (Å²) in [4.78, 5) is 17.3. The van der Waals surface area contributed by atoms with Crippen LogP contribution in [0, 0.1) is 0 Å². The molecular formula is C22H28N4O3. The van der Waals surface area contributed by atoms with Gasteiger partial charge in [-0.1, -0.05) is 18.6 Å². The second-order valence-electron chi connectivity index (χ2n) is 8.51. The van der Waals surface area contributed by atoms with Crippen LogP contribution in [0.1, 0.15) is 36.2 Å². The van der Waals surface area contributed by atoms with E-state index in [0.717, 1.165) is 30.0 Å². The molecule has 2 aromatic rings. The topological polar surface area (TPSA) is 70.7 Å². The maximum Gasteiger partial charge on any atom is 0.272 e. The maximum atomic E-state index is 12.9. The van der Waals surface area contributed by atoms with Crippen molar-refractivity contribution in [3.8, 4) is 17.0 Å². The van der Waals surface area contributed by atoms with E-state index in [4.69, 9.17) is 9.47 Å². The van der Waals surface area contributed by atoms with E-state index in [-0.39, 0.29) is 11.5 Å². The van der Waals surface area contributed by atoms with Gasteiger partial charge in [-0.15, -0.1) is 0 Å². The summed E-state index contributed by atoms with van der Waals surface area (Å²) in [5, 5.41) is 7.22. The molecule has 1 aromatic carbocycles. The molecule has 29 heavy (non-hydrogen) atoms. The lowest BCUT2D eigenvalue weighted by Crippen LogP contribution is -2.63. The molecule has 7 heteroatoms. The third-order valence-corrected chi connectivity index (χ3v) is 6.52. The minimum Gasteiger partial charge on any atom is -0.497 e. The number of likely N-dealkylation sites (tertiary alicyclic amines) is 2. The number of methoxy groups -OCH3 is 1. The summed E-state index contributed by atoms with van der Waals surface area (Å²) in [5.41, 5.74) is 2.03. The van der Waals surface area contributed by atoms with Crippen molar-refractivity contribution in [2.24, 2.45) is 0 Å². The van der Waals surface area contributed by atoms with Crippen molar-refractivity contribution in [1.29, 1.82) is 0 Å². The van der Waals surface area contributed by atoms with E-state index in [1.54, 1.807) is 7.11 Å². The summed E-state index contributed by atoms with van der Waals surface area (Å²) in [5.74, 6) is 0.756. The van der Waals surface area contributed by atoms with E-state index >= 15 is 0 Å². The van der Waals surface area contributed by atoms with Crippen LogP contribution in [0.5, 0.6) is 5.75 Å². The Balaban J connectivity index is 1.20. The van der Waals surface area contributed by atoms with E-state index in [2.05, 4.69) is 15.1 Å². The minimum atomic E-state index is -0.145. The molecule has 3 aliphatic heterocycles. The zero-order valence-corrected chi connectivity index (χ0v) is 16.9. The molecule has 5 rings (SSSR count). The monoisotopic (exact) mass is 396 g/mol. The molecule has 0 aliphatic carbocycles. The van der Waals surface area contributed by atoms with Gasteiger partial charge in [-0.3, -0.25) is 14.8 Å². The van der Waals surface area contributed by atoms with Gasteiger partial charge in [0.1, 0.15) is 17.0 Å². The van der Waals surface area contributed by atoms with Crippen LogP contribution in [0.2, 0.25) is 0 Å². The van der Waals surface area contributed by atoms with Crippen LogP contribution in [0.15, 0.2) is 30.3 Å². The fourth-order valence-electron chi connectivity index (χ4n) is 4.88. The first kappa shape index (κ1) is 18.6. The van der Waals surface area contributed by atoms with Crippen molar-refractivity contribution in [2.45, 2.75) is 37.3 Å². The zero-order chi connectivity index (χ0) is 19.8. The molecule has 4 heterocycles. The third kappa shape index (κ3) is 3.53. The highest BCUT2D eigenvalue weighted by Crippen LogP contribution is 2.38. The molecule has 3 fully saturated rings. The molecule has 3 aliphatic rings. The van der Waals surface area contributed by atoms with E-state index < -0.39 is 0 Å². The van der Waals surface area contributed by atoms with Gasteiger partial charge in [-0.2, -0.15) is 5.10 Å². The Hall–Kier alpha value is -2.38. The summed E-state index contributed by atoms with van der Waals surface area (Å²) in [6, 6.07) is 10.0. The predicted octanol–water partition coefficient (Wildman–Crippen LogP) is 2.55. The number of benzene rings is 1. The van der Waals surface area contributed by atoms with Crippen molar-refractivity contribution in [1.82, 2.24) is 20.0 Å². The lowest BCUT2D eigenvalue weighted by molar-refractivity contribution is -0.0952. The van der Waals surface area contributed by atoms with Crippen LogP contribution in [-0.4, -0.2) is 77.4 Å². The molecule has 1 aromatic heterocycles. The molecule has 1 unspecified atom stereocenters. The van der Waals surface area contributed by atoms with Gasteiger partial charge in [0.05, 0.1) is 32.5 Å². The van der Waals surface area contributed by atoms with Gasteiger partial charge < -0.3 is 14.4 Å². The molecule has 1 amide bonds. The van der Waals surface area contributed by atoms with Gasteiger partial charge >= 0.3 is 0 Å². The fraction of sp³-hybridized carbons (Fsp3) is 0.545. The summed E-state index contributed by atoms with van der Waals surface area (Å²) < 4.78 is 11.5. The smallest absolute Gasteiger partial charge is 0.272 e. The fourth-order valence-corrected chi connectivity index (χ4v) is 4.88. The summed E-state index contributed by atoms with van der Waals surface area (Å²) in [6.45, 7) is 4.52. The third-order valence-electron chi connectivity index (χ3n) is 6.52. The molecule has 3 saturated heterocycles. The number of nitrogens with zero attached hydrogens (tertiary/aromatic N) is 3. The normalized spacial score (nSPS) is 23.9. The van der Waals surface area contributed by atoms with Crippen LogP contribution >= 0.6 is 0 Å². The van der Waals surface area contributed by atoms with Gasteiger partial charge in [-0.05, 0) is 50.6 Å².